The number of nitrogens with zero attached hydrogens (tertiary/aromatic N) is 2. The first-order valence-corrected chi connectivity index (χ1v) is 7.88. The van der Waals surface area contributed by atoms with E-state index in [0.29, 0.717) is 5.96 Å². The smallest absolute Gasteiger partial charge is 0.243 e. The number of guanidine groups is 1. The number of likely N-dealkylation sites (N-methyl/N-ethyl adjacent to an activating group) is 1. The Morgan fingerprint density at radius 2 is 1.96 bits per heavy atom. The minimum absolute atomic E-state index is 0. The topological polar surface area (TPSA) is 56.7 Å². The van der Waals surface area contributed by atoms with Crippen molar-refractivity contribution in [3.63, 3.8) is 0 Å². The van der Waals surface area contributed by atoms with Crippen LogP contribution in [0.25, 0.3) is 0 Å². The second-order valence-electron chi connectivity index (χ2n) is 5.11. The first-order valence-electron chi connectivity index (χ1n) is 7.50. The number of halogens is 2. The molecule has 0 spiro atoms. The first-order chi connectivity index (χ1) is 10.5. The van der Waals surface area contributed by atoms with Gasteiger partial charge in [0.2, 0.25) is 5.91 Å². The summed E-state index contributed by atoms with van der Waals surface area (Å²) in [6.07, 6.45) is 1.85. The summed E-state index contributed by atoms with van der Waals surface area (Å²) in [7, 11) is 3.45. The number of aliphatic imine (C=N–C) groups is 1. The van der Waals surface area contributed by atoms with Crippen LogP contribution in [-0.2, 0) is 11.2 Å². The summed E-state index contributed by atoms with van der Waals surface area (Å²) in [4.78, 5) is 17.4. The third-order valence-electron chi connectivity index (χ3n) is 3.09. The zero-order chi connectivity index (χ0) is 16.4. The van der Waals surface area contributed by atoms with Crippen LogP contribution in [0.5, 0.6) is 0 Å². The molecule has 0 aliphatic heterocycles. The Kier molecular flexibility index (Phi) is 11.9. The lowest BCUT2D eigenvalue weighted by molar-refractivity contribution is -0.127. The largest absolute Gasteiger partial charge is 0.357 e. The minimum atomic E-state index is -0.0201. The summed E-state index contributed by atoms with van der Waals surface area (Å²) in [5.74, 6) is 0.644. The Morgan fingerprint density at radius 3 is 2.57 bits per heavy atom. The standard InChI is InChI=1S/C16H25ClN4O.HI/c1-4-18-16(20-12-15(22)21(2)3)19-11-7-9-13-8-5-6-10-14(13)17;/h5-6,8,10H,4,7,9,11-12H2,1-3H3,(H2,18,19,20);1H. The van der Waals surface area contributed by atoms with Gasteiger partial charge in [0.25, 0.3) is 0 Å². The molecule has 130 valence electrons. The molecule has 2 N–H and O–H groups in total. The number of hydrogen-bond donors (Lipinski definition) is 2. The minimum Gasteiger partial charge on any atom is -0.357 e. The maximum absolute atomic E-state index is 11.6. The molecule has 23 heavy (non-hydrogen) atoms. The van der Waals surface area contributed by atoms with Gasteiger partial charge in [0.1, 0.15) is 6.54 Å². The fourth-order valence-electron chi connectivity index (χ4n) is 1.82. The molecule has 0 aromatic heterocycles. The van der Waals surface area contributed by atoms with Crippen LogP contribution in [0.15, 0.2) is 29.3 Å². The van der Waals surface area contributed by atoms with Crippen LogP contribution in [0.3, 0.4) is 0 Å². The van der Waals surface area contributed by atoms with Crippen molar-refractivity contribution in [3.05, 3.63) is 34.9 Å². The van der Waals surface area contributed by atoms with Crippen LogP contribution < -0.4 is 10.6 Å². The van der Waals surface area contributed by atoms with Crippen LogP contribution >= 0.6 is 35.6 Å². The summed E-state index contributed by atoms with van der Waals surface area (Å²) < 4.78 is 0. The van der Waals surface area contributed by atoms with E-state index in [0.717, 1.165) is 36.5 Å². The SMILES string of the molecule is CCNC(=NCC(=O)N(C)C)NCCCc1ccccc1Cl.I. The third kappa shape index (κ3) is 9.00. The van der Waals surface area contributed by atoms with Crippen molar-refractivity contribution < 1.29 is 4.79 Å². The van der Waals surface area contributed by atoms with Crippen LogP contribution in [-0.4, -0.2) is 50.5 Å². The molecule has 0 aliphatic rings. The summed E-state index contributed by atoms with van der Waals surface area (Å²) in [6, 6.07) is 7.87. The van der Waals surface area contributed by atoms with E-state index < -0.39 is 0 Å². The van der Waals surface area contributed by atoms with Crippen LogP contribution in [0.1, 0.15) is 18.9 Å². The highest BCUT2D eigenvalue weighted by Crippen LogP contribution is 2.16. The molecule has 0 atom stereocenters. The normalized spacial score (nSPS) is 10.7. The second-order valence-corrected chi connectivity index (χ2v) is 5.51. The number of benzene rings is 1. The predicted octanol–water partition coefficient (Wildman–Crippen LogP) is 2.53. The molecule has 1 aromatic carbocycles. The van der Waals surface area contributed by atoms with Crippen molar-refractivity contribution in [2.75, 3.05) is 33.7 Å². The second kappa shape index (κ2) is 12.4. The summed E-state index contributed by atoms with van der Waals surface area (Å²) in [5.41, 5.74) is 1.15. The molecule has 1 rings (SSSR count). The molecule has 0 fully saturated rings. The number of aryl methyl sites for hydroxylation is 1. The molecular weight excluding hydrogens is 427 g/mol. The van der Waals surface area contributed by atoms with Crippen LogP contribution in [0.2, 0.25) is 5.02 Å². The van der Waals surface area contributed by atoms with Gasteiger partial charge in [-0.2, -0.15) is 0 Å². The quantitative estimate of drug-likeness (QED) is 0.289. The third-order valence-corrected chi connectivity index (χ3v) is 3.46. The van der Waals surface area contributed by atoms with Crippen LogP contribution in [0, 0.1) is 0 Å². The van der Waals surface area contributed by atoms with Gasteiger partial charge in [-0.3, -0.25) is 4.79 Å². The number of carbonyl (C=O) groups is 1. The van der Waals surface area contributed by atoms with Crippen molar-refractivity contribution in [1.29, 1.82) is 0 Å². The van der Waals surface area contributed by atoms with Gasteiger partial charge in [0.05, 0.1) is 0 Å². The molecule has 0 bridgehead atoms. The van der Waals surface area contributed by atoms with Gasteiger partial charge in [-0.25, -0.2) is 4.99 Å². The van der Waals surface area contributed by atoms with E-state index in [1.54, 1.807) is 14.1 Å². The monoisotopic (exact) mass is 452 g/mol. The lowest BCUT2D eigenvalue weighted by Crippen LogP contribution is -2.39. The maximum Gasteiger partial charge on any atom is 0.243 e. The maximum atomic E-state index is 11.6. The van der Waals surface area contributed by atoms with Gasteiger partial charge < -0.3 is 15.5 Å². The van der Waals surface area contributed by atoms with Crippen molar-refractivity contribution in [2.45, 2.75) is 19.8 Å². The lowest BCUT2D eigenvalue weighted by Gasteiger charge is -2.12. The molecule has 1 aromatic rings. The van der Waals surface area contributed by atoms with E-state index >= 15 is 0 Å². The summed E-state index contributed by atoms with van der Waals surface area (Å²) >= 11 is 6.13. The first kappa shape index (κ1) is 22.0. The highest BCUT2D eigenvalue weighted by atomic mass is 127. The highest BCUT2D eigenvalue weighted by Gasteiger charge is 2.04. The van der Waals surface area contributed by atoms with Gasteiger partial charge in [-0.1, -0.05) is 29.8 Å². The van der Waals surface area contributed by atoms with E-state index in [-0.39, 0.29) is 36.4 Å². The average molecular weight is 453 g/mol. The number of nitrogens with one attached hydrogen (secondary N) is 2. The highest BCUT2D eigenvalue weighted by molar-refractivity contribution is 14.0. The van der Waals surface area contributed by atoms with E-state index in [9.17, 15) is 4.79 Å². The van der Waals surface area contributed by atoms with Crippen molar-refractivity contribution in [2.24, 2.45) is 4.99 Å². The van der Waals surface area contributed by atoms with E-state index in [1.165, 1.54) is 4.90 Å². The molecule has 1 amide bonds. The fraction of sp³-hybridized carbons (Fsp3) is 0.500. The van der Waals surface area contributed by atoms with E-state index in [1.807, 2.05) is 31.2 Å². The Balaban J connectivity index is 0.00000484. The molecule has 0 radical (unpaired) electrons. The van der Waals surface area contributed by atoms with Gasteiger partial charge >= 0.3 is 0 Å². The van der Waals surface area contributed by atoms with E-state index in [4.69, 9.17) is 11.6 Å². The molecule has 0 aliphatic carbocycles. The zero-order valence-electron chi connectivity index (χ0n) is 13.9. The molecule has 0 saturated carbocycles. The van der Waals surface area contributed by atoms with Gasteiger partial charge in [-0.05, 0) is 31.4 Å². The average Bonchev–Trinajstić information content (AvgIpc) is 2.50. The van der Waals surface area contributed by atoms with E-state index in [2.05, 4.69) is 15.6 Å². The summed E-state index contributed by atoms with van der Waals surface area (Å²) in [6.45, 7) is 3.67. The molecule has 5 nitrogen and oxygen atoms in total. The molecule has 0 saturated heterocycles. The van der Waals surface area contributed by atoms with Gasteiger partial charge in [0, 0.05) is 32.2 Å². The lowest BCUT2D eigenvalue weighted by atomic mass is 10.1. The Hall–Kier alpha value is -1.02. The Bertz CT molecular complexity index is 509. The Morgan fingerprint density at radius 1 is 1.26 bits per heavy atom. The van der Waals surface area contributed by atoms with Crippen molar-refractivity contribution >= 4 is 47.4 Å². The number of rotatable bonds is 7. The summed E-state index contributed by atoms with van der Waals surface area (Å²) in [5, 5.41) is 7.16. The van der Waals surface area contributed by atoms with Crippen molar-refractivity contribution in [1.82, 2.24) is 15.5 Å². The zero-order valence-corrected chi connectivity index (χ0v) is 17.0. The Labute approximate surface area is 160 Å². The predicted molar refractivity (Wildman–Crippen MR) is 108 cm³/mol. The van der Waals surface area contributed by atoms with Gasteiger partial charge in [0.15, 0.2) is 5.96 Å². The van der Waals surface area contributed by atoms with Gasteiger partial charge in [-0.15, -0.1) is 24.0 Å². The number of amides is 1. The number of hydrogen-bond acceptors (Lipinski definition) is 2. The van der Waals surface area contributed by atoms with Crippen molar-refractivity contribution in [3.8, 4) is 0 Å². The molecule has 0 unspecified atom stereocenters. The molecule has 7 heteroatoms. The molecule has 0 heterocycles. The van der Waals surface area contributed by atoms with Crippen LogP contribution in [0.4, 0.5) is 0 Å². The number of carbonyl (C=O) groups excluding carboxylic acids is 1. The fourth-order valence-corrected chi connectivity index (χ4v) is 2.05. The molecular formula is C16H26ClIN4O.